The van der Waals surface area contributed by atoms with Crippen molar-refractivity contribution >= 4 is 0 Å². The average Bonchev–Trinajstić information content (AvgIpc) is 2.68. The maximum Gasteiger partial charge on any atom is 0.151 e. The van der Waals surface area contributed by atoms with Gasteiger partial charge in [0.2, 0.25) is 0 Å². The quantitative estimate of drug-likeness (QED) is 0.774. The van der Waals surface area contributed by atoms with Gasteiger partial charge >= 0.3 is 0 Å². The second-order valence-electron chi connectivity index (χ2n) is 3.99. The summed E-state index contributed by atoms with van der Waals surface area (Å²) < 4.78 is 5.64. The van der Waals surface area contributed by atoms with Gasteiger partial charge in [0.05, 0.1) is 12.3 Å². The predicted molar refractivity (Wildman–Crippen MR) is 54.7 cm³/mol. The van der Waals surface area contributed by atoms with Crippen molar-refractivity contribution in [3.05, 3.63) is 30.1 Å². The molecular formula is C11H16N2O. The monoisotopic (exact) mass is 192 g/mol. The van der Waals surface area contributed by atoms with Gasteiger partial charge in [0, 0.05) is 12.2 Å². The van der Waals surface area contributed by atoms with Gasteiger partial charge in [-0.25, -0.2) is 0 Å². The van der Waals surface area contributed by atoms with Gasteiger partial charge in [-0.15, -0.1) is 0 Å². The lowest BCUT2D eigenvalue weighted by Gasteiger charge is -2.14. The summed E-state index contributed by atoms with van der Waals surface area (Å²) in [5.74, 6) is 0.601. The fourth-order valence-electron chi connectivity index (χ4n) is 1.58. The van der Waals surface area contributed by atoms with Crippen LogP contribution < -0.4 is 5.32 Å². The molecule has 76 valence electrons. The van der Waals surface area contributed by atoms with Crippen LogP contribution in [0.2, 0.25) is 0 Å². The SMILES string of the molecule is CC(C)C1COC(c2ccccn2)N1. The van der Waals surface area contributed by atoms with E-state index in [0.717, 1.165) is 12.3 Å². The Morgan fingerprint density at radius 3 is 2.93 bits per heavy atom. The van der Waals surface area contributed by atoms with Crippen LogP contribution in [0.4, 0.5) is 0 Å². The minimum absolute atomic E-state index is 0.0244. The van der Waals surface area contributed by atoms with Gasteiger partial charge in [-0.1, -0.05) is 19.9 Å². The first-order chi connectivity index (χ1) is 6.77. The van der Waals surface area contributed by atoms with Crippen molar-refractivity contribution < 1.29 is 4.74 Å². The van der Waals surface area contributed by atoms with Crippen LogP contribution in [-0.2, 0) is 4.74 Å². The van der Waals surface area contributed by atoms with Crippen LogP contribution in [0.25, 0.3) is 0 Å². The Morgan fingerprint density at radius 1 is 1.50 bits per heavy atom. The number of hydrogen-bond acceptors (Lipinski definition) is 3. The maximum atomic E-state index is 5.64. The van der Waals surface area contributed by atoms with E-state index in [0.29, 0.717) is 12.0 Å². The molecule has 0 bridgehead atoms. The molecule has 2 atom stereocenters. The third-order valence-corrected chi connectivity index (χ3v) is 2.57. The van der Waals surface area contributed by atoms with Crippen molar-refractivity contribution in [2.45, 2.75) is 26.1 Å². The highest BCUT2D eigenvalue weighted by Crippen LogP contribution is 2.21. The van der Waals surface area contributed by atoms with Crippen LogP contribution in [-0.4, -0.2) is 17.6 Å². The third-order valence-electron chi connectivity index (χ3n) is 2.57. The fourth-order valence-corrected chi connectivity index (χ4v) is 1.58. The van der Waals surface area contributed by atoms with Gasteiger partial charge in [-0.3, -0.25) is 10.3 Å². The number of ether oxygens (including phenoxy) is 1. The van der Waals surface area contributed by atoms with Crippen LogP contribution in [0.5, 0.6) is 0 Å². The van der Waals surface area contributed by atoms with Crippen molar-refractivity contribution in [2.24, 2.45) is 5.92 Å². The van der Waals surface area contributed by atoms with Gasteiger partial charge in [-0.2, -0.15) is 0 Å². The van der Waals surface area contributed by atoms with Crippen LogP contribution in [0.1, 0.15) is 25.8 Å². The first kappa shape index (κ1) is 9.62. The number of nitrogens with one attached hydrogen (secondary N) is 1. The molecule has 1 N–H and O–H groups in total. The summed E-state index contributed by atoms with van der Waals surface area (Å²) in [6, 6.07) is 6.33. The molecule has 1 fully saturated rings. The first-order valence-electron chi connectivity index (χ1n) is 5.06. The molecule has 3 nitrogen and oxygen atoms in total. The number of nitrogens with zero attached hydrogens (tertiary/aromatic N) is 1. The van der Waals surface area contributed by atoms with E-state index >= 15 is 0 Å². The molecule has 0 aromatic carbocycles. The lowest BCUT2D eigenvalue weighted by Crippen LogP contribution is -2.30. The van der Waals surface area contributed by atoms with E-state index in [4.69, 9.17) is 4.74 Å². The average molecular weight is 192 g/mol. The van der Waals surface area contributed by atoms with Gasteiger partial charge in [0.25, 0.3) is 0 Å². The van der Waals surface area contributed by atoms with Crippen LogP contribution >= 0.6 is 0 Å². The maximum absolute atomic E-state index is 5.64. The lowest BCUT2D eigenvalue weighted by molar-refractivity contribution is 0.0966. The number of aromatic nitrogens is 1. The number of rotatable bonds is 2. The molecule has 1 aromatic heterocycles. The topological polar surface area (TPSA) is 34.1 Å². The summed E-state index contributed by atoms with van der Waals surface area (Å²) in [5, 5.41) is 3.42. The first-order valence-corrected chi connectivity index (χ1v) is 5.06. The summed E-state index contributed by atoms with van der Waals surface area (Å²) in [6.45, 7) is 5.17. The third kappa shape index (κ3) is 1.94. The molecule has 2 heterocycles. The molecule has 2 unspecified atom stereocenters. The Hall–Kier alpha value is -0.930. The number of pyridine rings is 1. The molecule has 0 amide bonds. The molecule has 3 heteroatoms. The molecule has 0 radical (unpaired) electrons. The largest absolute Gasteiger partial charge is 0.356 e. The van der Waals surface area contributed by atoms with Crippen molar-refractivity contribution in [1.29, 1.82) is 0 Å². The molecule has 2 rings (SSSR count). The van der Waals surface area contributed by atoms with Crippen LogP contribution in [0.15, 0.2) is 24.4 Å². The standard InChI is InChI=1S/C11H16N2O/c1-8(2)10-7-14-11(13-10)9-5-3-4-6-12-9/h3-6,8,10-11,13H,7H2,1-2H3. The molecule has 0 aliphatic carbocycles. The minimum atomic E-state index is -0.0244. The Balaban J connectivity index is 2.03. The summed E-state index contributed by atoms with van der Waals surface area (Å²) in [7, 11) is 0. The van der Waals surface area contributed by atoms with E-state index in [1.807, 2.05) is 18.2 Å². The van der Waals surface area contributed by atoms with E-state index < -0.39 is 0 Å². The zero-order chi connectivity index (χ0) is 9.97. The Bertz CT molecular complexity index is 287. The Morgan fingerprint density at radius 2 is 2.36 bits per heavy atom. The highest BCUT2D eigenvalue weighted by Gasteiger charge is 2.27. The second-order valence-corrected chi connectivity index (χ2v) is 3.99. The Labute approximate surface area is 84.5 Å². The highest BCUT2D eigenvalue weighted by molar-refractivity contribution is 5.07. The second kappa shape index (κ2) is 4.07. The Kier molecular flexibility index (Phi) is 2.79. The summed E-state index contributed by atoms with van der Waals surface area (Å²) in [6.07, 6.45) is 1.77. The van der Waals surface area contributed by atoms with Crippen molar-refractivity contribution in [2.75, 3.05) is 6.61 Å². The van der Waals surface area contributed by atoms with Gasteiger partial charge in [0.15, 0.2) is 6.23 Å². The molecule has 0 spiro atoms. The van der Waals surface area contributed by atoms with E-state index in [1.54, 1.807) is 6.20 Å². The molecule has 1 aromatic rings. The lowest BCUT2D eigenvalue weighted by atomic mass is 10.1. The summed E-state index contributed by atoms with van der Waals surface area (Å²) >= 11 is 0. The van der Waals surface area contributed by atoms with E-state index in [1.165, 1.54) is 0 Å². The van der Waals surface area contributed by atoms with E-state index in [9.17, 15) is 0 Å². The smallest absolute Gasteiger partial charge is 0.151 e. The van der Waals surface area contributed by atoms with Crippen molar-refractivity contribution in [1.82, 2.24) is 10.3 Å². The molecule has 1 aliphatic heterocycles. The molecule has 1 aliphatic rings. The molecule has 0 saturated carbocycles. The van der Waals surface area contributed by atoms with Gasteiger partial charge < -0.3 is 4.74 Å². The van der Waals surface area contributed by atoms with Crippen molar-refractivity contribution in [3.8, 4) is 0 Å². The fraction of sp³-hybridized carbons (Fsp3) is 0.545. The number of hydrogen-bond donors (Lipinski definition) is 1. The summed E-state index contributed by atoms with van der Waals surface area (Å²) in [4.78, 5) is 4.27. The van der Waals surface area contributed by atoms with Crippen molar-refractivity contribution in [3.63, 3.8) is 0 Å². The van der Waals surface area contributed by atoms with E-state index in [2.05, 4.69) is 24.1 Å². The highest BCUT2D eigenvalue weighted by atomic mass is 16.5. The normalized spacial score (nSPS) is 27.1. The zero-order valence-corrected chi connectivity index (χ0v) is 8.60. The van der Waals surface area contributed by atoms with Crippen LogP contribution in [0.3, 0.4) is 0 Å². The molecule has 14 heavy (non-hydrogen) atoms. The minimum Gasteiger partial charge on any atom is -0.356 e. The summed E-state index contributed by atoms with van der Waals surface area (Å²) in [5.41, 5.74) is 0.968. The van der Waals surface area contributed by atoms with Gasteiger partial charge in [0.1, 0.15) is 0 Å². The van der Waals surface area contributed by atoms with Gasteiger partial charge in [-0.05, 0) is 18.1 Å². The molecule has 1 saturated heterocycles. The predicted octanol–water partition coefficient (Wildman–Crippen LogP) is 1.72. The zero-order valence-electron chi connectivity index (χ0n) is 8.60. The molecular weight excluding hydrogens is 176 g/mol. The van der Waals surface area contributed by atoms with E-state index in [-0.39, 0.29) is 6.23 Å². The van der Waals surface area contributed by atoms with Crippen LogP contribution in [0, 0.1) is 5.92 Å².